The second-order valence-electron chi connectivity index (χ2n) is 8.52. The van der Waals surface area contributed by atoms with Crippen LogP contribution >= 0.6 is 0 Å². The molecule has 3 N–H and O–H groups in total. The fraction of sp³-hybridized carbons (Fsp3) is 0.269. The van der Waals surface area contributed by atoms with Crippen LogP contribution in [0.2, 0.25) is 0 Å². The molecule has 0 atom stereocenters. The number of aryl methyl sites for hydroxylation is 1. The van der Waals surface area contributed by atoms with Gasteiger partial charge < -0.3 is 15.3 Å². The van der Waals surface area contributed by atoms with Crippen LogP contribution in [0.3, 0.4) is 0 Å². The zero-order valence-corrected chi connectivity index (χ0v) is 19.6. The van der Waals surface area contributed by atoms with Gasteiger partial charge in [-0.1, -0.05) is 30.3 Å². The highest BCUT2D eigenvalue weighted by molar-refractivity contribution is 6.00. The van der Waals surface area contributed by atoms with Gasteiger partial charge in [-0.2, -0.15) is 5.10 Å². The number of nitrogens with one attached hydrogen (secondary N) is 2. The van der Waals surface area contributed by atoms with Gasteiger partial charge in [0.1, 0.15) is 11.4 Å². The molecular formula is C26H28N6O3. The number of hydrogen-bond donors (Lipinski definition) is 3. The van der Waals surface area contributed by atoms with Gasteiger partial charge >= 0.3 is 5.97 Å². The van der Waals surface area contributed by atoms with Gasteiger partial charge in [-0.25, -0.2) is 15.4 Å². The Morgan fingerprint density at radius 1 is 1.09 bits per heavy atom. The number of carbonyl (C=O) groups excluding carboxylic acids is 1. The van der Waals surface area contributed by atoms with Gasteiger partial charge in [-0.3, -0.25) is 9.59 Å². The highest BCUT2D eigenvalue weighted by Crippen LogP contribution is 2.29. The molecule has 35 heavy (non-hydrogen) atoms. The molecule has 0 bridgehead atoms. The van der Waals surface area contributed by atoms with Crippen LogP contribution in [-0.4, -0.2) is 46.8 Å². The van der Waals surface area contributed by atoms with Crippen LogP contribution < -0.4 is 15.6 Å². The molecule has 1 fully saturated rings. The molecule has 1 aromatic heterocycles. The van der Waals surface area contributed by atoms with Gasteiger partial charge in [0.2, 0.25) is 0 Å². The quantitative estimate of drug-likeness (QED) is 0.331. The van der Waals surface area contributed by atoms with Crippen LogP contribution in [-0.2, 0) is 4.79 Å². The minimum Gasteiger partial charge on any atom is -0.481 e. The number of amides is 1. The van der Waals surface area contributed by atoms with E-state index in [1.165, 1.54) is 0 Å². The van der Waals surface area contributed by atoms with Crippen molar-refractivity contribution in [1.82, 2.24) is 15.4 Å². The number of carboxylic acids is 1. The van der Waals surface area contributed by atoms with Crippen LogP contribution in [0, 0.1) is 12.8 Å². The summed E-state index contributed by atoms with van der Waals surface area (Å²) in [6.07, 6.45) is 1.96. The van der Waals surface area contributed by atoms with E-state index < -0.39 is 11.9 Å². The molecule has 2 heterocycles. The molecule has 0 aliphatic carbocycles. The number of carboxylic acid groups (broad SMARTS) is 1. The Hall–Kier alpha value is -4.27. The number of hydrogen-bond acceptors (Lipinski definition) is 7. The predicted octanol–water partition coefficient (Wildman–Crippen LogP) is 4.23. The molecule has 0 radical (unpaired) electrons. The van der Waals surface area contributed by atoms with Gasteiger partial charge in [0.05, 0.1) is 5.69 Å². The second-order valence-corrected chi connectivity index (χ2v) is 8.52. The van der Waals surface area contributed by atoms with E-state index in [-0.39, 0.29) is 12.3 Å². The number of aliphatic carboxylic acids is 1. The standard InChI is InChI=1S/C26H28N6O3/c1-17-23(26(35)31-27-2)25(30-24(28-17)19-6-4-3-5-7-19)29-20-8-10-21(11-9-20)32-14-12-18(13-15-32)16-22(33)34/h3-11,18H,2,12-16H2,1H3,(H,31,35)(H,33,34)(H,28,29,30). The molecule has 9 nitrogen and oxygen atoms in total. The van der Waals surface area contributed by atoms with E-state index in [0.717, 1.165) is 42.9 Å². The smallest absolute Gasteiger partial charge is 0.303 e. The summed E-state index contributed by atoms with van der Waals surface area (Å²) in [7, 11) is 0. The lowest BCUT2D eigenvalue weighted by molar-refractivity contribution is -0.138. The van der Waals surface area contributed by atoms with Crippen LogP contribution in [0.15, 0.2) is 59.7 Å². The van der Waals surface area contributed by atoms with Crippen molar-refractivity contribution in [2.45, 2.75) is 26.2 Å². The molecule has 1 aliphatic rings. The van der Waals surface area contributed by atoms with Gasteiger partial charge in [0.15, 0.2) is 5.82 Å². The summed E-state index contributed by atoms with van der Waals surface area (Å²) in [5.41, 5.74) is 5.86. The van der Waals surface area contributed by atoms with Crippen molar-refractivity contribution in [2.75, 3.05) is 23.3 Å². The normalized spacial score (nSPS) is 13.8. The van der Waals surface area contributed by atoms with Crippen LogP contribution in [0.5, 0.6) is 0 Å². The van der Waals surface area contributed by atoms with Gasteiger partial charge in [0, 0.05) is 43.2 Å². The number of hydrazone groups is 1. The summed E-state index contributed by atoms with van der Waals surface area (Å²) in [5.74, 6) is -0.0555. The highest BCUT2D eigenvalue weighted by Gasteiger charge is 2.22. The van der Waals surface area contributed by atoms with E-state index in [4.69, 9.17) is 5.11 Å². The number of carbonyl (C=O) groups is 2. The average Bonchev–Trinajstić information content (AvgIpc) is 2.85. The third-order valence-corrected chi connectivity index (χ3v) is 6.10. The number of rotatable bonds is 8. The number of benzene rings is 2. The van der Waals surface area contributed by atoms with Crippen LogP contribution in [0.1, 0.15) is 35.3 Å². The summed E-state index contributed by atoms with van der Waals surface area (Å²) in [6, 6.07) is 17.5. The van der Waals surface area contributed by atoms with E-state index in [9.17, 15) is 9.59 Å². The van der Waals surface area contributed by atoms with Crippen LogP contribution in [0.25, 0.3) is 11.4 Å². The topological polar surface area (TPSA) is 120 Å². The van der Waals surface area contributed by atoms with Crippen molar-refractivity contribution >= 4 is 35.8 Å². The monoisotopic (exact) mass is 472 g/mol. The highest BCUT2D eigenvalue weighted by atomic mass is 16.4. The molecule has 4 rings (SSSR count). The van der Waals surface area contributed by atoms with E-state index in [0.29, 0.717) is 22.9 Å². The summed E-state index contributed by atoms with van der Waals surface area (Å²) in [5, 5.41) is 15.8. The molecule has 1 aliphatic heterocycles. The van der Waals surface area contributed by atoms with E-state index >= 15 is 0 Å². The van der Waals surface area contributed by atoms with Crippen molar-refractivity contribution in [1.29, 1.82) is 0 Å². The molecule has 0 unspecified atom stereocenters. The lowest BCUT2D eigenvalue weighted by Crippen LogP contribution is -2.34. The molecule has 180 valence electrons. The molecule has 1 saturated heterocycles. The zero-order valence-electron chi connectivity index (χ0n) is 19.6. The summed E-state index contributed by atoms with van der Waals surface area (Å²) in [6.45, 7) is 6.75. The maximum atomic E-state index is 12.7. The lowest BCUT2D eigenvalue weighted by atomic mass is 9.93. The molecule has 9 heteroatoms. The third kappa shape index (κ3) is 5.81. The zero-order chi connectivity index (χ0) is 24.8. The maximum Gasteiger partial charge on any atom is 0.303 e. The first kappa shape index (κ1) is 23.9. The lowest BCUT2D eigenvalue weighted by Gasteiger charge is -2.33. The Kier molecular flexibility index (Phi) is 7.35. The summed E-state index contributed by atoms with van der Waals surface area (Å²) in [4.78, 5) is 35.1. The maximum absolute atomic E-state index is 12.7. The Morgan fingerprint density at radius 3 is 2.40 bits per heavy atom. The van der Waals surface area contributed by atoms with Crippen molar-refractivity contribution in [3.63, 3.8) is 0 Å². The van der Waals surface area contributed by atoms with Gasteiger partial charge in [-0.05, 0) is 49.9 Å². The van der Waals surface area contributed by atoms with E-state index in [2.05, 4.69) is 37.4 Å². The Morgan fingerprint density at radius 2 is 1.77 bits per heavy atom. The minimum atomic E-state index is -0.730. The SMILES string of the molecule is C=NNC(=O)c1c(C)nc(-c2ccccc2)nc1Nc1ccc(N2CCC(CC(=O)O)CC2)cc1. The van der Waals surface area contributed by atoms with Crippen LogP contribution in [0.4, 0.5) is 17.2 Å². The molecule has 3 aromatic rings. The summed E-state index contributed by atoms with van der Waals surface area (Å²) >= 11 is 0. The van der Waals surface area contributed by atoms with Gasteiger partial charge in [0.25, 0.3) is 5.91 Å². The largest absolute Gasteiger partial charge is 0.481 e. The number of aromatic nitrogens is 2. The fourth-order valence-corrected chi connectivity index (χ4v) is 4.31. The first-order valence-corrected chi connectivity index (χ1v) is 11.5. The second kappa shape index (κ2) is 10.8. The van der Waals surface area contributed by atoms with E-state index in [1.54, 1.807) is 6.92 Å². The third-order valence-electron chi connectivity index (χ3n) is 6.10. The van der Waals surface area contributed by atoms with Crippen molar-refractivity contribution in [3.8, 4) is 11.4 Å². The number of nitrogens with zero attached hydrogens (tertiary/aromatic N) is 4. The van der Waals surface area contributed by atoms with Gasteiger partial charge in [-0.15, -0.1) is 0 Å². The molecule has 1 amide bonds. The Labute approximate surface area is 203 Å². The predicted molar refractivity (Wildman–Crippen MR) is 136 cm³/mol. The molecule has 0 spiro atoms. The minimum absolute atomic E-state index is 0.233. The van der Waals surface area contributed by atoms with Crippen molar-refractivity contribution in [2.24, 2.45) is 11.0 Å². The molecular weight excluding hydrogens is 444 g/mol. The molecule has 2 aromatic carbocycles. The molecule has 0 saturated carbocycles. The summed E-state index contributed by atoms with van der Waals surface area (Å²) < 4.78 is 0. The Balaban J connectivity index is 1.56. The average molecular weight is 473 g/mol. The number of piperidine rings is 1. The fourth-order valence-electron chi connectivity index (χ4n) is 4.31. The van der Waals surface area contributed by atoms with E-state index in [1.807, 2.05) is 54.6 Å². The first-order chi connectivity index (χ1) is 16.9. The number of anilines is 3. The van der Waals surface area contributed by atoms with Crippen molar-refractivity contribution in [3.05, 3.63) is 65.9 Å². The van der Waals surface area contributed by atoms with Crippen molar-refractivity contribution < 1.29 is 14.7 Å². The Bertz CT molecular complexity index is 1210. The first-order valence-electron chi connectivity index (χ1n) is 11.5.